The molecule has 3 amide bonds. The first-order valence-electron chi connectivity index (χ1n) is 7.71. The van der Waals surface area contributed by atoms with Gasteiger partial charge in [0, 0.05) is 11.3 Å². The lowest BCUT2D eigenvalue weighted by molar-refractivity contribution is -0.131. The van der Waals surface area contributed by atoms with E-state index in [-0.39, 0.29) is 19.2 Å². The summed E-state index contributed by atoms with van der Waals surface area (Å²) in [5, 5.41) is 2.81. The van der Waals surface area contributed by atoms with Crippen LogP contribution in [0.1, 0.15) is 17.4 Å². The Morgan fingerprint density at radius 1 is 1.24 bits per heavy atom. The van der Waals surface area contributed by atoms with E-state index in [1.54, 1.807) is 13.0 Å². The molecule has 2 aliphatic rings. The standard InChI is InChI=1S/C17H15ClN2O4S/c1-17(7-10-2-4-12-13(6-10)24-9-23-12)15(21)20(16(22)19-17)8-11-3-5-14(18)25-11/h2-6H,7-9H2,1H3,(H,19,22). The summed E-state index contributed by atoms with van der Waals surface area (Å²) in [4.78, 5) is 27.2. The number of carbonyl (C=O) groups excluding carboxylic acids is 2. The highest BCUT2D eigenvalue weighted by Crippen LogP contribution is 2.34. The van der Waals surface area contributed by atoms with Gasteiger partial charge in [0.2, 0.25) is 6.79 Å². The van der Waals surface area contributed by atoms with Crippen LogP contribution in [0.4, 0.5) is 4.79 Å². The first kappa shape index (κ1) is 16.2. The molecule has 6 nitrogen and oxygen atoms in total. The number of hydrogen-bond acceptors (Lipinski definition) is 5. The minimum absolute atomic E-state index is 0.197. The Kier molecular flexibility index (Phi) is 3.85. The number of benzene rings is 1. The number of carbonyl (C=O) groups is 2. The van der Waals surface area contributed by atoms with Crippen molar-refractivity contribution in [3.05, 3.63) is 45.1 Å². The van der Waals surface area contributed by atoms with Gasteiger partial charge in [-0.1, -0.05) is 17.7 Å². The van der Waals surface area contributed by atoms with E-state index in [0.29, 0.717) is 22.3 Å². The van der Waals surface area contributed by atoms with E-state index in [1.807, 2.05) is 24.3 Å². The van der Waals surface area contributed by atoms with Crippen molar-refractivity contribution in [3.8, 4) is 11.5 Å². The molecule has 3 heterocycles. The number of thiophene rings is 1. The second kappa shape index (κ2) is 5.93. The third-order valence-electron chi connectivity index (χ3n) is 4.28. The summed E-state index contributed by atoms with van der Waals surface area (Å²) in [6.45, 7) is 2.15. The number of halogens is 1. The van der Waals surface area contributed by atoms with Gasteiger partial charge in [-0.15, -0.1) is 11.3 Å². The van der Waals surface area contributed by atoms with Crippen LogP contribution < -0.4 is 14.8 Å². The molecule has 1 fully saturated rings. The highest BCUT2D eigenvalue weighted by Gasteiger charge is 2.47. The lowest BCUT2D eigenvalue weighted by Crippen LogP contribution is -2.45. The predicted octanol–water partition coefficient (Wildman–Crippen LogP) is 3.18. The van der Waals surface area contributed by atoms with Crippen LogP contribution in [-0.2, 0) is 17.8 Å². The van der Waals surface area contributed by atoms with Gasteiger partial charge in [-0.05, 0) is 36.8 Å². The van der Waals surface area contributed by atoms with E-state index in [4.69, 9.17) is 21.1 Å². The van der Waals surface area contributed by atoms with Crippen LogP contribution in [0.5, 0.6) is 11.5 Å². The van der Waals surface area contributed by atoms with Crippen molar-refractivity contribution in [2.75, 3.05) is 6.79 Å². The molecule has 2 aliphatic heterocycles. The number of amides is 3. The fraction of sp³-hybridized carbons (Fsp3) is 0.294. The van der Waals surface area contributed by atoms with Crippen molar-refractivity contribution in [2.24, 2.45) is 0 Å². The number of rotatable bonds is 4. The Morgan fingerprint density at radius 3 is 2.80 bits per heavy atom. The molecule has 0 radical (unpaired) electrons. The monoisotopic (exact) mass is 378 g/mol. The number of urea groups is 1. The van der Waals surface area contributed by atoms with Gasteiger partial charge >= 0.3 is 6.03 Å². The molecule has 1 aromatic heterocycles. The molecule has 1 atom stereocenters. The largest absolute Gasteiger partial charge is 0.454 e. The van der Waals surface area contributed by atoms with Crippen LogP contribution in [0.25, 0.3) is 0 Å². The predicted molar refractivity (Wildman–Crippen MR) is 93.1 cm³/mol. The van der Waals surface area contributed by atoms with Crippen molar-refractivity contribution in [2.45, 2.75) is 25.4 Å². The highest BCUT2D eigenvalue weighted by molar-refractivity contribution is 7.16. The van der Waals surface area contributed by atoms with Crippen LogP contribution >= 0.6 is 22.9 Å². The first-order chi connectivity index (χ1) is 11.9. The number of nitrogens with one attached hydrogen (secondary N) is 1. The van der Waals surface area contributed by atoms with E-state index in [2.05, 4.69) is 5.32 Å². The maximum Gasteiger partial charge on any atom is 0.325 e. The summed E-state index contributed by atoms with van der Waals surface area (Å²) >= 11 is 7.28. The quantitative estimate of drug-likeness (QED) is 0.830. The number of hydrogen-bond donors (Lipinski definition) is 1. The van der Waals surface area contributed by atoms with Gasteiger partial charge in [-0.25, -0.2) is 4.79 Å². The van der Waals surface area contributed by atoms with Gasteiger partial charge in [0.05, 0.1) is 10.9 Å². The molecule has 8 heteroatoms. The molecule has 1 saturated heterocycles. The van der Waals surface area contributed by atoms with Crippen molar-refractivity contribution >= 4 is 34.9 Å². The molecule has 1 aromatic carbocycles. The Morgan fingerprint density at radius 2 is 2.04 bits per heavy atom. The van der Waals surface area contributed by atoms with Gasteiger partial charge < -0.3 is 14.8 Å². The maximum absolute atomic E-state index is 12.8. The normalized spacial score (nSPS) is 21.8. The zero-order chi connectivity index (χ0) is 17.6. The lowest BCUT2D eigenvalue weighted by atomic mass is 9.92. The van der Waals surface area contributed by atoms with Crippen LogP contribution in [0.3, 0.4) is 0 Å². The highest BCUT2D eigenvalue weighted by atomic mass is 35.5. The van der Waals surface area contributed by atoms with E-state index in [1.165, 1.54) is 16.2 Å². The number of fused-ring (bicyclic) bond motifs is 1. The molecule has 0 spiro atoms. The van der Waals surface area contributed by atoms with E-state index in [9.17, 15) is 9.59 Å². The summed E-state index contributed by atoms with van der Waals surface area (Å²) in [7, 11) is 0. The second-order valence-electron chi connectivity index (χ2n) is 6.22. The number of nitrogens with zero attached hydrogens (tertiary/aromatic N) is 1. The Hall–Kier alpha value is -2.25. The Balaban J connectivity index is 1.53. The van der Waals surface area contributed by atoms with E-state index >= 15 is 0 Å². The smallest absolute Gasteiger partial charge is 0.325 e. The van der Waals surface area contributed by atoms with Gasteiger partial charge in [0.15, 0.2) is 11.5 Å². The average molecular weight is 379 g/mol. The van der Waals surface area contributed by atoms with Crippen LogP contribution in [0, 0.1) is 0 Å². The minimum Gasteiger partial charge on any atom is -0.454 e. The fourth-order valence-electron chi connectivity index (χ4n) is 3.06. The Labute approximate surface area is 153 Å². The van der Waals surface area contributed by atoms with Gasteiger partial charge in [-0.2, -0.15) is 0 Å². The van der Waals surface area contributed by atoms with Gasteiger partial charge in [-0.3, -0.25) is 9.69 Å². The topological polar surface area (TPSA) is 67.9 Å². The summed E-state index contributed by atoms with van der Waals surface area (Å²) in [5.41, 5.74) is -0.104. The van der Waals surface area contributed by atoms with E-state index < -0.39 is 11.6 Å². The minimum atomic E-state index is -0.994. The third-order valence-corrected chi connectivity index (χ3v) is 5.50. The number of ether oxygens (including phenoxy) is 2. The van der Waals surface area contributed by atoms with E-state index in [0.717, 1.165) is 10.4 Å². The lowest BCUT2D eigenvalue weighted by Gasteiger charge is -2.21. The number of imide groups is 1. The molecule has 0 bridgehead atoms. The third kappa shape index (κ3) is 2.94. The van der Waals surface area contributed by atoms with Crippen molar-refractivity contribution in [1.29, 1.82) is 0 Å². The summed E-state index contributed by atoms with van der Waals surface area (Å²) < 4.78 is 11.3. The van der Waals surface area contributed by atoms with Gasteiger partial charge in [0.25, 0.3) is 5.91 Å². The van der Waals surface area contributed by atoms with Crippen molar-refractivity contribution < 1.29 is 19.1 Å². The molecular weight excluding hydrogens is 364 g/mol. The average Bonchev–Trinajstić information content (AvgIpc) is 3.23. The first-order valence-corrected chi connectivity index (χ1v) is 8.91. The molecule has 1 unspecified atom stereocenters. The molecule has 2 aromatic rings. The van der Waals surface area contributed by atoms with Crippen LogP contribution in [0.15, 0.2) is 30.3 Å². The molecular formula is C17H15ClN2O4S. The summed E-state index contributed by atoms with van der Waals surface area (Å²) in [6.07, 6.45) is 0.371. The van der Waals surface area contributed by atoms with Gasteiger partial charge in [0.1, 0.15) is 5.54 Å². The zero-order valence-electron chi connectivity index (χ0n) is 13.4. The van der Waals surface area contributed by atoms with Crippen molar-refractivity contribution in [1.82, 2.24) is 10.2 Å². The van der Waals surface area contributed by atoms with Crippen molar-refractivity contribution in [3.63, 3.8) is 0 Å². The molecule has 0 aliphatic carbocycles. The molecule has 25 heavy (non-hydrogen) atoms. The Bertz CT molecular complexity index is 868. The SMILES string of the molecule is CC1(Cc2ccc3c(c2)OCO3)NC(=O)N(Cc2ccc(Cl)s2)C1=O. The summed E-state index contributed by atoms with van der Waals surface area (Å²) in [6, 6.07) is 8.72. The molecule has 130 valence electrons. The molecule has 1 N–H and O–H groups in total. The maximum atomic E-state index is 12.8. The van der Waals surface area contributed by atoms with Crippen LogP contribution in [-0.4, -0.2) is 29.2 Å². The second-order valence-corrected chi connectivity index (χ2v) is 8.02. The fourth-order valence-corrected chi connectivity index (χ4v) is 4.14. The summed E-state index contributed by atoms with van der Waals surface area (Å²) in [5.74, 6) is 1.09. The van der Waals surface area contributed by atoms with Crippen LogP contribution in [0.2, 0.25) is 4.34 Å². The molecule has 4 rings (SSSR count). The molecule has 0 saturated carbocycles. The zero-order valence-corrected chi connectivity index (χ0v) is 14.9.